The smallest absolute Gasteiger partial charge is 0.250 e. The number of aryl methyl sites for hydroxylation is 2. The Morgan fingerprint density at radius 2 is 1.94 bits per heavy atom. The van der Waals surface area contributed by atoms with E-state index in [1.165, 1.54) is 5.56 Å². The largest absolute Gasteiger partial charge is 0.497 e. The van der Waals surface area contributed by atoms with Gasteiger partial charge in [-0.1, -0.05) is 6.07 Å². The average molecular weight is 468 g/mol. The highest BCUT2D eigenvalue weighted by Crippen LogP contribution is 2.36. The predicted molar refractivity (Wildman–Crippen MR) is 132 cm³/mol. The second-order valence-corrected chi connectivity index (χ2v) is 9.60. The number of methoxy groups -OCH3 is 2. The molecule has 2 aromatic rings. The number of hydrogen-bond acceptors (Lipinski definition) is 5. The molecule has 2 unspecified atom stereocenters. The first-order valence-corrected chi connectivity index (χ1v) is 12.3. The van der Waals surface area contributed by atoms with Crippen LogP contribution in [0.15, 0.2) is 41.3 Å². The van der Waals surface area contributed by atoms with Gasteiger partial charge in [-0.25, -0.2) is 0 Å². The summed E-state index contributed by atoms with van der Waals surface area (Å²) in [6.07, 6.45) is 6.61. The lowest BCUT2D eigenvalue weighted by atomic mass is 9.80. The van der Waals surface area contributed by atoms with E-state index in [9.17, 15) is 9.59 Å². The van der Waals surface area contributed by atoms with Gasteiger partial charge < -0.3 is 24.3 Å². The maximum atomic E-state index is 13.9. The zero-order chi connectivity index (χ0) is 24.1. The minimum absolute atomic E-state index is 0.0290. The van der Waals surface area contributed by atoms with Gasteiger partial charge >= 0.3 is 0 Å². The van der Waals surface area contributed by atoms with E-state index in [0.29, 0.717) is 19.1 Å². The summed E-state index contributed by atoms with van der Waals surface area (Å²) in [6, 6.07) is 10.3. The van der Waals surface area contributed by atoms with E-state index in [4.69, 9.17) is 9.47 Å². The van der Waals surface area contributed by atoms with Crippen LogP contribution in [0.5, 0.6) is 5.75 Å². The van der Waals surface area contributed by atoms with Crippen LogP contribution in [0.1, 0.15) is 48.3 Å². The lowest BCUT2D eigenvalue weighted by Gasteiger charge is -2.36. The van der Waals surface area contributed by atoms with Crippen LogP contribution in [0.3, 0.4) is 0 Å². The van der Waals surface area contributed by atoms with Gasteiger partial charge in [0.15, 0.2) is 0 Å². The Morgan fingerprint density at radius 3 is 2.65 bits per heavy atom. The number of rotatable bonds is 10. The molecule has 34 heavy (non-hydrogen) atoms. The fourth-order valence-corrected chi connectivity index (χ4v) is 5.00. The summed E-state index contributed by atoms with van der Waals surface area (Å²) in [5, 5.41) is 3.41. The lowest BCUT2D eigenvalue weighted by Crippen LogP contribution is -2.47. The third-order valence-electron chi connectivity index (χ3n) is 7.06. The molecule has 1 saturated heterocycles. The fourth-order valence-electron chi connectivity index (χ4n) is 5.00. The van der Waals surface area contributed by atoms with Crippen LogP contribution in [0.25, 0.3) is 0 Å². The van der Waals surface area contributed by atoms with Crippen LogP contribution in [0.4, 0.5) is 0 Å². The Labute approximate surface area is 202 Å². The van der Waals surface area contributed by atoms with Crippen LogP contribution >= 0.6 is 0 Å². The van der Waals surface area contributed by atoms with Crippen molar-refractivity contribution >= 4 is 5.91 Å². The Morgan fingerprint density at radius 1 is 1.15 bits per heavy atom. The van der Waals surface area contributed by atoms with E-state index in [0.717, 1.165) is 62.1 Å². The lowest BCUT2D eigenvalue weighted by molar-refractivity contribution is -0.138. The quantitative estimate of drug-likeness (QED) is 0.544. The first-order chi connectivity index (χ1) is 16.5. The predicted octanol–water partition coefficient (Wildman–Crippen LogP) is 2.86. The van der Waals surface area contributed by atoms with Crippen LogP contribution < -0.4 is 15.6 Å². The van der Waals surface area contributed by atoms with E-state index in [2.05, 4.69) is 22.3 Å². The van der Waals surface area contributed by atoms with Crippen molar-refractivity contribution in [3.63, 3.8) is 0 Å². The molecular formula is C27H37N3O4. The molecule has 1 saturated carbocycles. The SMILES string of the molecule is COCCCc1cc(CN(C(=O)C2CNCCC2c2ccn(C)c(=O)c2)C2CC2)cc(OC)c1. The van der Waals surface area contributed by atoms with Crippen LogP contribution in [0.2, 0.25) is 0 Å². The standard InChI is InChI=1S/C27H37N3O4/c1-29-11-9-21(16-26(29)31)24-8-10-28-17-25(24)27(32)30(22-6-7-22)18-20-13-19(5-4-12-33-2)14-23(15-20)34-3/h9,11,13-16,22,24-25,28H,4-8,10,12,17-18H2,1-3H3. The van der Waals surface area contributed by atoms with Crippen LogP contribution in [-0.4, -0.2) is 55.3 Å². The summed E-state index contributed by atoms with van der Waals surface area (Å²) in [5.41, 5.74) is 3.24. The number of hydrogen-bond donors (Lipinski definition) is 1. The number of ether oxygens (including phenoxy) is 2. The molecule has 2 atom stereocenters. The maximum Gasteiger partial charge on any atom is 0.250 e. The number of nitrogens with one attached hydrogen (secondary N) is 1. The molecule has 1 aromatic carbocycles. The number of carbonyl (C=O) groups excluding carboxylic acids is 1. The molecule has 1 aliphatic heterocycles. The van der Waals surface area contributed by atoms with Crippen LogP contribution in [-0.2, 0) is 29.5 Å². The van der Waals surface area contributed by atoms with Crippen molar-refractivity contribution < 1.29 is 14.3 Å². The number of aromatic nitrogens is 1. The zero-order valence-electron chi connectivity index (χ0n) is 20.6. The van der Waals surface area contributed by atoms with E-state index in [-0.39, 0.29) is 23.3 Å². The summed E-state index contributed by atoms with van der Waals surface area (Å²) >= 11 is 0. The van der Waals surface area contributed by atoms with Crippen molar-refractivity contribution in [3.05, 3.63) is 63.6 Å². The molecule has 7 heteroatoms. The van der Waals surface area contributed by atoms with Crippen molar-refractivity contribution in [2.45, 2.75) is 50.6 Å². The number of nitrogens with zero attached hydrogens (tertiary/aromatic N) is 2. The summed E-state index contributed by atoms with van der Waals surface area (Å²) < 4.78 is 12.3. The Kier molecular flexibility index (Phi) is 8.06. The molecule has 184 valence electrons. The Balaban J connectivity index is 1.56. The zero-order valence-corrected chi connectivity index (χ0v) is 20.6. The average Bonchev–Trinajstić information content (AvgIpc) is 3.69. The summed E-state index contributed by atoms with van der Waals surface area (Å²) in [5.74, 6) is 0.890. The summed E-state index contributed by atoms with van der Waals surface area (Å²) in [6.45, 7) is 2.80. The Bertz CT molecular complexity index is 1050. The normalized spacial score (nSPS) is 20.2. The van der Waals surface area contributed by atoms with Crippen LogP contribution in [0, 0.1) is 5.92 Å². The molecule has 4 rings (SSSR count). The molecule has 1 aromatic heterocycles. The van der Waals surface area contributed by atoms with E-state index in [1.54, 1.807) is 38.1 Å². The molecule has 0 bridgehead atoms. The van der Waals surface area contributed by atoms with Gasteiger partial charge in [-0.2, -0.15) is 0 Å². The molecule has 7 nitrogen and oxygen atoms in total. The monoisotopic (exact) mass is 467 g/mol. The minimum atomic E-state index is -0.173. The summed E-state index contributed by atoms with van der Waals surface area (Å²) in [7, 11) is 5.16. The molecule has 2 aliphatic rings. The number of amides is 1. The summed E-state index contributed by atoms with van der Waals surface area (Å²) in [4.78, 5) is 28.3. The molecule has 1 N–H and O–H groups in total. The molecule has 2 heterocycles. The third-order valence-corrected chi connectivity index (χ3v) is 7.06. The van der Waals surface area contributed by atoms with Crippen molar-refractivity contribution in [2.75, 3.05) is 33.9 Å². The van der Waals surface area contributed by atoms with Gasteiger partial charge in [-0.15, -0.1) is 0 Å². The molecule has 0 spiro atoms. The minimum Gasteiger partial charge on any atom is -0.497 e. The van der Waals surface area contributed by atoms with E-state index in [1.807, 2.05) is 12.1 Å². The highest BCUT2D eigenvalue weighted by Gasteiger charge is 2.40. The van der Waals surface area contributed by atoms with Gasteiger partial charge in [-0.3, -0.25) is 9.59 Å². The molecular weight excluding hydrogens is 430 g/mol. The second kappa shape index (κ2) is 11.2. The number of carbonyl (C=O) groups is 1. The number of pyridine rings is 1. The second-order valence-electron chi connectivity index (χ2n) is 9.60. The van der Waals surface area contributed by atoms with Gasteiger partial charge in [0.05, 0.1) is 13.0 Å². The molecule has 0 radical (unpaired) electrons. The van der Waals surface area contributed by atoms with Crippen molar-refractivity contribution in [3.8, 4) is 5.75 Å². The van der Waals surface area contributed by atoms with Crippen molar-refractivity contribution in [1.82, 2.24) is 14.8 Å². The van der Waals surface area contributed by atoms with Gasteiger partial charge in [0.25, 0.3) is 5.56 Å². The molecule has 1 aliphatic carbocycles. The van der Waals surface area contributed by atoms with E-state index < -0.39 is 0 Å². The van der Waals surface area contributed by atoms with Gasteiger partial charge in [0, 0.05) is 52.2 Å². The highest BCUT2D eigenvalue weighted by atomic mass is 16.5. The molecule has 2 fully saturated rings. The first-order valence-electron chi connectivity index (χ1n) is 12.3. The van der Waals surface area contributed by atoms with Crippen molar-refractivity contribution in [2.24, 2.45) is 13.0 Å². The molecule has 1 amide bonds. The maximum absolute atomic E-state index is 13.9. The van der Waals surface area contributed by atoms with E-state index >= 15 is 0 Å². The van der Waals surface area contributed by atoms with Crippen molar-refractivity contribution in [1.29, 1.82) is 0 Å². The van der Waals surface area contributed by atoms with Gasteiger partial charge in [0.1, 0.15) is 5.75 Å². The number of piperidine rings is 1. The number of benzene rings is 1. The first kappa shape index (κ1) is 24.5. The Hall–Kier alpha value is -2.64. The highest BCUT2D eigenvalue weighted by molar-refractivity contribution is 5.81. The topological polar surface area (TPSA) is 72.8 Å². The fraction of sp³-hybridized carbons (Fsp3) is 0.556. The third kappa shape index (κ3) is 5.88. The van der Waals surface area contributed by atoms with Gasteiger partial charge in [-0.05, 0) is 79.5 Å². The van der Waals surface area contributed by atoms with Gasteiger partial charge in [0.2, 0.25) is 5.91 Å².